The molecule has 0 unspecified atom stereocenters. The van der Waals surface area contributed by atoms with Crippen LogP contribution in [0.4, 0.5) is 0 Å². The lowest BCUT2D eigenvalue weighted by Gasteiger charge is -2.12. The Balaban J connectivity index is 2.17. The number of rotatable bonds is 4. The normalized spacial score (nSPS) is 17.5. The molecule has 2 rings (SSSR count). The molecule has 1 N–H and O–H groups in total. The second kappa shape index (κ2) is 4.44. The van der Waals surface area contributed by atoms with Crippen molar-refractivity contribution in [3.05, 3.63) is 24.4 Å². The zero-order valence-corrected chi connectivity index (χ0v) is 10.3. The molecule has 0 aliphatic heterocycles. The number of hydrogen-bond acceptors (Lipinski definition) is 4. The number of amides is 1. The van der Waals surface area contributed by atoms with Gasteiger partial charge in [0.15, 0.2) is 5.03 Å². The van der Waals surface area contributed by atoms with E-state index in [0.717, 1.165) is 12.8 Å². The highest BCUT2D eigenvalue weighted by Gasteiger charge is 2.33. The summed E-state index contributed by atoms with van der Waals surface area (Å²) in [6.07, 6.45) is 3.27. The Labute approximate surface area is 100 Å². The molecule has 0 radical (unpaired) electrons. The highest BCUT2D eigenvalue weighted by atomic mass is 32.2. The molecule has 92 valence electrons. The van der Waals surface area contributed by atoms with Gasteiger partial charge in [0, 0.05) is 12.2 Å². The minimum atomic E-state index is -3.68. The molecule has 1 aromatic heterocycles. The van der Waals surface area contributed by atoms with E-state index in [-0.39, 0.29) is 11.1 Å². The zero-order valence-electron chi connectivity index (χ0n) is 9.46. The first-order valence-corrected chi connectivity index (χ1v) is 7.02. The van der Waals surface area contributed by atoms with Gasteiger partial charge in [0.1, 0.15) is 5.25 Å². The average molecular weight is 254 g/mol. The summed E-state index contributed by atoms with van der Waals surface area (Å²) in [5, 5.41) is 1.53. The number of pyridine rings is 1. The van der Waals surface area contributed by atoms with Gasteiger partial charge in [0.2, 0.25) is 15.7 Å². The Morgan fingerprint density at radius 2 is 2.18 bits per heavy atom. The molecular formula is C11H14N2O3S. The van der Waals surface area contributed by atoms with Crippen molar-refractivity contribution in [1.82, 2.24) is 10.3 Å². The fourth-order valence-electron chi connectivity index (χ4n) is 1.38. The van der Waals surface area contributed by atoms with Gasteiger partial charge in [-0.25, -0.2) is 13.4 Å². The third-order valence-electron chi connectivity index (χ3n) is 2.69. The van der Waals surface area contributed by atoms with Gasteiger partial charge in [-0.3, -0.25) is 4.79 Å². The molecule has 1 aliphatic carbocycles. The molecule has 17 heavy (non-hydrogen) atoms. The smallest absolute Gasteiger partial charge is 0.238 e. The molecule has 0 spiro atoms. The van der Waals surface area contributed by atoms with Crippen LogP contribution < -0.4 is 5.32 Å². The minimum absolute atomic E-state index is 0.0570. The molecular weight excluding hydrogens is 240 g/mol. The van der Waals surface area contributed by atoms with Crippen LogP contribution in [0.2, 0.25) is 0 Å². The summed E-state index contributed by atoms with van der Waals surface area (Å²) in [6, 6.07) is 4.78. The molecule has 1 aromatic rings. The Hall–Kier alpha value is -1.43. The molecule has 5 nitrogen and oxygen atoms in total. The first kappa shape index (κ1) is 12.0. The lowest BCUT2D eigenvalue weighted by atomic mass is 10.4. The number of aromatic nitrogens is 1. The minimum Gasteiger partial charge on any atom is -0.352 e. The lowest BCUT2D eigenvalue weighted by molar-refractivity contribution is -0.120. The summed E-state index contributed by atoms with van der Waals surface area (Å²) >= 11 is 0. The number of carbonyl (C=O) groups is 1. The van der Waals surface area contributed by atoms with E-state index in [0.29, 0.717) is 0 Å². The number of nitrogens with zero attached hydrogens (tertiary/aromatic N) is 1. The molecule has 1 aliphatic rings. The van der Waals surface area contributed by atoms with Crippen molar-refractivity contribution in [2.45, 2.75) is 36.1 Å². The zero-order chi connectivity index (χ0) is 12.5. The van der Waals surface area contributed by atoms with Gasteiger partial charge in [-0.05, 0) is 31.9 Å². The van der Waals surface area contributed by atoms with E-state index in [4.69, 9.17) is 0 Å². The molecule has 1 heterocycles. The molecule has 0 aromatic carbocycles. The van der Waals surface area contributed by atoms with E-state index in [1.807, 2.05) is 0 Å². The van der Waals surface area contributed by atoms with Crippen LogP contribution in [0.15, 0.2) is 29.4 Å². The van der Waals surface area contributed by atoms with Gasteiger partial charge in [0.25, 0.3) is 0 Å². The topological polar surface area (TPSA) is 76.1 Å². The maximum atomic E-state index is 12.1. The maximum Gasteiger partial charge on any atom is 0.238 e. The summed E-state index contributed by atoms with van der Waals surface area (Å²) in [6.45, 7) is 1.39. The maximum absolute atomic E-state index is 12.1. The molecule has 1 saturated carbocycles. The van der Waals surface area contributed by atoms with Crippen LogP contribution in [-0.2, 0) is 14.6 Å². The second-order valence-corrected chi connectivity index (χ2v) is 6.35. The molecule has 1 amide bonds. The number of sulfone groups is 1. The first-order valence-electron chi connectivity index (χ1n) is 5.47. The standard InChI is InChI=1S/C11H14N2O3S/c1-8(11(14)13-9-5-6-9)17(15,16)10-4-2-3-7-12-10/h2-4,7-9H,5-6H2,1H3,(H,13,14)/t8-/m1/s1. The molecule has 1 fully saturated rings. The van der Waals surface area contributed by atoms with Gasteiger partial charge in [0.05, 0.1) is 0 Å². The summed E-state index contributed by atoms with van der Waals surface area (Å²) < 4.78 is 24.1. The summed E-state index contributed by atoms with van der Waals surface area (Å²) in [5.41, 5.74) is 0. The summed E-state index contributed by atoms with van der Waals surface area (Å²) in [5.74, 6) is -0.446. The van der Waals surface area contributed by atoms with Crippen LogP contribution in [0.25, 0.3) is 0 Å². The van der Waals surface area contributed by atoms with Crippen molar-refractivity contribution in [1.29, 1.82) is 0 Å². The van der Waals surface area contributed by atoms with Crippen molar-refractivity contribution >= 4 is 15.7 Å². The Bertz CT molecular complexity index is 509. The molecule has 0 bridgehead atoms. The van der Waals surface area contributed by atoms with Crippen molar-refractivity contribution in [3.8, 4) is 0 Å². The van der Waals surface area contributed by atoms with Crippen LogP contribution in [-0.4, -0.2) is 30.6 Å². The third-order valence-corrected chi connectivity index (χ3v) is 4.66. The van der Waals surface area contributed by atoms with Gasteiger partial charge < -0.3 is 5.32 Å². The Morgan fingerprint density at radius 1 is 1.47 bits per heavy atom. The number of hydrogen-bond donors (Lipinski definition) is 1. The van der Waals surface area contributed by atoms with Crippen molar-refractivity contribution < 1.29 is 13.2 Å². The second-order valence-electron chi connectivity index (χ2n) is 4.14. The Morgan fingerprint density at radius 3 is 2.71 bits per heavy atom. The predicted molar refractivity (Wildman–Crippen MR) is 62.0 cm³/mol. The average Bonchev–Trinajstić information content (AvgIpc) is 3.13. The molecule has 6 heteroatoms. The fourth-order valence-corrected chi connectivity index (χ4v) is 2.57. The van der Waals surface area contributed by atoms with E-state index in [1.165, 1.54) is 19.2 Å². The van der Waals surface area contributed by atoms with Crippen LogP contribution in [0, 0.1) is 0 Å². The van der Waals surface area contributed by atoms with Gasteiger partial charge >= 0.3 is 0 Å². The van der Waals surface area contributed by atoms with Crippen molar-refractivity contribution in [2.75, 3.05) is 0 Å². The van der Waals surface area contributed by atoms with E-state index in [2.05, 4.69) is 10.3 Å². The first-order chi connectivity index (χ1) is 8.01. The van der Waals surface area contributed by atoms with Crippen LogP contribution in [0.3, 0.4) is 0 Å². The Kier molecular flexibility index (Phi) is 3.15. The number of carbonyl (C=O) groups excluding carboxylic acids is 1. The fraction of sp³-hybridized carbons (Fsp3) is 0.455. The highest BCUT2D eigenvalue weighted by Crippen LogP contribution is 2.20. The third kappa shape index (κ3) is 2.63. The predicted octanol–water partition coefficient (Wildman–Crippen LogP) is 0.522. The van der Waals surface area contributed by atoms with Crippen molar-refractivity contribution in [3.63, 3.8) is 0 Å². The quantitative estimate of drug-likeness (QED) is 0.850. The largest absolute Gasteiger partial charge is 0.352 e. The molecule has 1 atom stereocenters. The SMILES string of the molecule is C[C@H](C(=O)NC1CC1)S(=O)(=O)c1ccccn1. The monoisotopic (exact) mass is 254 g/mol. The summed E-state index contributed by atoms with van der Waals surface area (Å²) in [4.78, 5) is 15.5. The van der Waals surface area contributed by atoms with E-state index < -0.39 is 21.0 Å². The van der Waals surface area contributed by atoms with Crippen LogP contribution in [0.5, 0.6) is 0 Å². The van der Waals surface area contributed by atoms with Gasteiger partial charge in [-0.1, -0.05) is 6.07 Å². The highest BCUT2D eigenvalue weighted by molar-refractivity contribution is 7.92. The van der Waals surface area contributed by atoms with Gasteiger partial charge in [-0.2, -0.15) is 0 Å². The van der Waals surface area contributed by atoms with Crippen molar-refractivity contribution in [2.24, 2.45) is 0 Å². The van der Waals surface area contributed by atoms with Gasteiger partial charge in [-0.15, -0.1) is 0 Å². The van der Waals surface area contributed by atoms with E-state index in [9.17, 15) is 13.2 Å². The van der Waals surface area contributed by atoms with E-state index >= 15 is 0 Å². The summed E-state index contributed by atoms with van der Waals surface area (Å²) in [7, 11) is -3.68. The van der Waals surface area contributed by atoms with E-state index in [1.54, 1.807) is 12.1 Å². The number of nitrogens with one attached hydrogen (secondary N) is 1. The van der Waals surface area contributed by atoms with Crippen LogP contribution >= 0.6 is 0 Å². The molecule has 0 saturated heterocycles. The van der Waals surface area contributed by atoms with Crippen LogP contribution in [0.1, 0.15) is 19.8 Å². The lowest BCUT2D eigenvalue weighted by Crippen LogP contribution is -2.39.